The average Bonchev–Trinajstić information content (AvgIpc) is 2.73. The van der Waals surface area contributed by atoms with Crippen LogP contribution in [0.5, 0.6) is 0 Å². The average molecular weight is 257 g/mol. The number of halogens is 1. The molecule has 0 atom stereocenters. The van der Waals surface area contributed by atoms with E-state index >= 15 is 0 Å². The first-order chi connectivity index (χ1) is 8.10. The molecular weight excluding hydrogens is 249 g/mol. The van der Waals surface area contributed by atoms with Crippen molar-refractivity contribution in [3.05, 3.63) is 43.9 Å². The van der Waals surface area contributed by atoms with Crippen LogP contribution in [0.3, 0.4) is 0 Å². The predicted octanol–water partition coefficient (Wildman–Crippen LogP) is -0.534. The Labute approximate surface area is 97.7 Å². The summed E-state index contributed by atoms with van der Waals surface area (Å²) >= 11 is 1.23. The zero-order chi connectivity index (χ0) is 12.4. The number of aromatic nitrogens is 3. The maximum Gasteiger partial charge on any atom is 0.328 e. The molecule has 90 valence electrons. The molecule has 0 aliphatic rings. The molecule has 2 aromatic rings. The maximum atomic E-state index is 13.0. The number of hydrazine groups is 1. The normalized spacial score (nSPS) is 10.5. The standard InChI is InChI=1S/C8H8FN5O2S/c9-5-3-14(8(16)12-6(5)15)2-4-1-11-7(13-10)17-4/h1,3H,2,10H2,(H,11,13)(H,12,15,16). The van der Waals surface area contributed by atoms with Gasteiger partial charge in [-0.3, -0.25) is 19.8 Å². The molecule has 0 radical (unpaired) electrons. The maximum absolute atomic E-state index is 13.0. The van der Waals surface area contributed by atoms with E-state index in [-0.39, 0.29) is 6.54 Å². The third kappa shape index (κ3) is 2.40. The van der Waals surface area contributed by atoms with Gasteiger partial charge in [0.1, 0.15) is 0 Å². The molecular formula is C8H8FN5O2S. The van der Waals surface area contributed by atoms with Crippen molar-refractivity contribution in [2.45, 2.75) is 6.54 Å². The zero-order valence-corrected chi connectivity index (χ0v) is 9.25. The SMILES string of the molecule is NNc1ncc(Cn2cc(F)c(=O)[nH]c2=O)s1. The smallest absolute Gasteiger partial charge is 0.300 e. The molecule has 0 unspecified atom stereocenters. The number of nitrogens with two attached hydrogens (primary N) is 1. The zero-order valence-electron chi connectivity index (χ0n) is 8.44. The minimum atomic E-state index is -1.03. The number of nitrogens with zero attached hydrogens (tertiary/aromatic N) is 2. The molecule has 0 bridgehead atoms. The van der Waals surface area contributed by atoms with Gasteiger partial charge in [-0.15, -0.1) is 0 Å². The quantitative estimate of drug-likeness (QED) is 0.506. The molecule has 7 nitrogen and oxygen atoms in total. The Bertz CT molecular complexity index is 646. The van der Waals surface area contributed by atoms with Crippen molar-refractivity contribution in [2.75, 3.05) is 5.43 Å². The Morgan fingerprint density at radius 2 is 2.35 bits per heavy atom. The van der Waals surface area contributed by atoms with Gasteiger partial charge in [0.25, 0.3) is 5.56 Å². The second kappa shape index (κ2) is 4.47. The van der Waals surface area contributed by atoms with Gasteiger partial charge in [0.2, 0.25) is 5.82 Å². The summed E-state index contributed by atoms with van der Waals surface area (Å²) in [6, 6.07) is 0. The molecule has 17 heavy (non-hydrogen) atoms. The number of hydrogen-bond acceptors (Lipinski definition) is 6. The van der Waals surface area contributed by atoms with E-state index in [2.05, 4.69) is 10.4 Å². The van der Waals surface area contributed by atoms with E-state index in [1.54, 1.807) is 0 Å². The Morgan fingerprint density at radius 1 is 1.59 bits per heavy atom. The molecule has 0 saturated carbocycles. The van der Waals surface area contributed by atoms with Gasteiger partial charge in [0.05, 0.1) is 12.7 Å². The van der Waals surface area contributed by atoms with E-state index in [1.165, 1.54) is 17.5 Å². The van der Waals surface area contributed by atoms with E-state index in [0.717, 1.165) is 10.8 Å². The van der Waals surface area contributed by atoms with Crippen LogP contribution in [-0.4, -0.2) is 14.5 Å². The van der Waals surface area contributed by atoms with Crippen molar-refractivity contribution in [1.29, 1.82) is 0 Å². The van der Waals surface area contributed by atoms with Crippen LogP contribution in [-0.2, 0) is 6.54 Å². The third-order valence-electron chi connectivity index (χ3n) is 1.97. The van der Waals surface area contributed by atoms with Crippen LogP contribution >= 0.6 is 11.3 Å². The van der Waals surface area contributed by atoms with Crippen LogP contribution < -0.4 is 22.5 Å². The largest absolute Gasteiger partial charge is 0.328 e. The Balaban J connectivity index is 2.33. The first-order valence-electron chi connectivity index (χ1n) is 4.50. The van der Waals surface area contributed by atoms with Crippen molar-refractivity contribution in [1.82, 2.24) is 14.5 Å². The van der Waals surface area contributed by atoms with Gasteiger partial charge in [-0.1, -0.05) is 11.3 Å². The predicted molar refractivity (Wildman–Crippen MR) is 60.3 cm³/mol. The van der Waals surface area contributed by atoms with Crippen LogP contribution in [0.25, 0.3) is 0 Å². The molecule has 0 fully saturated rings. The number of aromatic amines is 1. The molecule has 0 aromatic carbocycles. The van der Waals surface area contributed by atoms with E-state index < -0.39 is 17.1 Å². The van der Waals surface area contributed by atoms with Crippen molar-refractivity contribution in [3.8, 4) is 0 Å². The van der Waals surface area contributed by atoms with Gasteiger partial charge in [-0.2, -0.15) is 4.39 Å². The molecule has 0 spiro atoms. The monoisotopic (exact) mass is 257 g/mol. The number of H-pyrrole nitrogens is 1. The summed E-state index contributed by atoms with van der Waals surface area (Å²) in [5, 5.41) is 0.484. The molecule has 0 aliphatic carbocycles. The van der Waals surface area contributed by atoms with E-state index in [0.29, 0.717) is 10.0 Å². The molecule has 2 heterocycles. The fraction of sp³-hybridized carbons (Fsp3) is 0.125. The summed E-state index contributed by atoms with van der Waals surface area (Å²) in [5.41, 5.74) is 0.654. The van der Waals surface area contributed by atoms with Gasteiger partial charge >= 0.3 is 5.69 Å². The Kier molecular flexibility index (Phi) is 3.02. The summed E-state index contributed by atoms with van der Waals surface area (Å²) in [5.74, 6) is 4.14. The van der Waals surface area contributed by atoms with Crippen LogP contribution in [0, 0.1) is 5.82 Å². The number of thiazole rings is 1. The lowest BCUT2D eigenvalue weighted by Gasteiger charge is -2.01. The number of anilines is 1. The number of nitrogens with one attached hydrogen (secondary N) is 2. The van der Waals surface area contributed by atoms with Gasteiger partial charge in [0.15, 0.2) is 5.13 Å². The highest BCUT2D eigenvalue weighted by Crippen LogP contribution is 2.17. The lowest BCUT2D eigenvalue weighted by Crippen LogP contribution is -2.31. The molecule has 2 aromatic heterocycles. The lowest BCUT2D eigenvalue weighted by molar-refractivity contribution is 0.567. The van der Waals surface area contributed by atoms with E-state index in [1.807, 2.05) is 4.98 Å². The summed E-state index contributed by atoms with van der Waals surface area (Å²) in [6.07, 6.45) is 2.37. The van der Waals surface area contributed by atoms with Crippen molar-refractivity contribution in [3.63, 3.8) is 0 Å². The highest BCUT2D eigenvalue weighted by Gasteiger charge is 2.06. The number of hydrogen-bond donors (Lipinski definition) is 3. The summed E-state index contributed by atoms with van der Waals surface area (Å²) in [6.45, 7) is 0.117. The van der Waals surface area contributed by atoms with Crippen LogP contribution in [0.15, 0.2) is 22.0 Å². The molecule has 4 N–H and O–H groups in total. The Morgan fingerprint density at radius 3 is 3.00 bits per heavy atom. The minimum absolute atomic E-state index is 0.117. The lowest BCUT2D eigenvalue weighted by atomic mass is 10.5. The van der Waals surface area contributed by atoms with E-state index in [4.69, 9.17) is 5.84 Å². The van der Waals surface area contributed by atoms with Crippen molar-refractivity contribution >= 4 is 16.5 Å². The second-order valence-electron chi connectivity index (χ2n) is 3.14. The van der Waals surface area contributed by atoms with Gasteiger partial charge < -0.3 is 0 Å². The number of rotatable bonds is 3. The van der Waals surface area contributed by atoms with Gasteiger partial charge in [-0.05, 0) is 0 Å². The van der Waals surface area contributed by atoms with Crippen LogP contribution in [0.1, 0.15) is 4.88 Å². The topological polar surface area (TPSA) is 106 Å². The van der Waals surface area contributed by atoms with Crippen molar-refractivity contribution < 1.29 is 4.39 Å². The molecule has 2 rings (SSSR count). The fourth-order valence-electron chi connectivity index (χ4n) is 1.22. The van der Waals surface area contributed by atoms with Gasteiger partial charge in [-0.25, -0.2) is 15.6 Å². The summed E-state index contributed by atoms with van der Waals surface area (Å²) < 4.78 is 14.0. The highest BCUT2D eigenvalue weighted by atomic mass is 32.1. The molecule has 0 amide bonds. The first-order valence-corrected chi connectivity index (χ1v) is 5.32. The van der Waals surface area contributed by atoms with Gasteiger partial charge in [0, 0.05) is 11.1 Å². The fourth-order valence-corrected chi connectivity index (χ4v) is 1.94. The first kappa shape index (κ1) is 11.5. The minimum Gasteiger partial charge on any atom is -0.300 e. The molecule has 9 heteroatoms. The second-order valence-corrected chi connectivity index (χ2v) is 4.26. The van der Waals surface area contributed by atoms with Crippen LogP contribution in [0.4, 0.5) is 9.52 Å². The number of nitrogen functional groups attached to an aromatic ring is 1. The summed E-state index contributed by atoms with van der Waals surface area (Å²) in [7, 11) is 0. The highest BCUT2D eigenvalue weighted by molar-refractivity contribution is 7.15. The van der Waals surface area contributed by atoms with Crippen LogP contribution in [0.2, 0.25) is 0 Å². The molecule has 0 saturated heterocycles. The molecule has 0 aliphatic heterocycles. The third-order valence-corrected chi connectivity index (χ3v) is 2.88. The summed E-state index contributed by atoms with van der Waals surface area (Å²) in [4.78, 5) is 28.6. The Hall–Kier alpha value is -2.00. The van der Waals surface area contributed by atoms with Crippen molar-refractivity contribution in [2.24, 2.45) is 5.84 Å². The van der Waals surface area contributed by atoms with E-state index in [9.17, 15) is 14.0 Å².